The van der Waals surface area contributed by atoms with E-state index in [9.17, 15) is 0 Å². The van der Waals surface area contributed by atoms with E-state index in [1.54, 1.807) is 6.26 Å². The molecule has 3 heterocycles. The zero-order chi connectivity index (χ0) is 16.9. The first-order chi connectivity index (χ1) is 11.7. The van der Waals surface area contributed by atoms with Crippen LogP contribution in [0, 0.1) is 18.3 Å². The zero-order valence-corrected chi connectivity index (χ0v) is 14.6. The predicted molar refractivity (Wildman–Crippen MR) is 93.4 cm³/mol. The second kappa shape index (κ2) is 7.69. The number of nitrogens with zero attached hydrogens (tertiary/aromatic N) is 3. The van der Waals surface area contributed by atoms with E-state index in [0.29, 0.717) is 5.69 Å². The van der Waals surface area contributed by atoms with Gasteiger partial charge in [-0.2, -0.15) is 5.26 Å². The van der Waals surface area contributed by atoms with Crippen molar-refractivity contribution in [3.05, 3.63) is 47.2 Å². The maximum Gasteiger partial charge on any atom is 0.122 e. The molecule has 0 saturated carbocycles. The molecule has 0 aliphatic carbocycles. The molecule has 0 spiro atoms. The number of rotatable bonds is 6. The molecule has 0 radical (unpaired) electrons. The summed E-state index contributed by atoms with van der Waals surface area (Å²) in [7, 11) is 1.94. The molecular weight excluding hydrogens is 300 g/mol. The van der Waals surface area contributed by atoms with Gasteiger partial charge in [0.15, 0.2) is 0 Å². The summed E-state index contributed by atoms with van der Waals surface area (Å²) in [5.74, 6) is 1.03. The SMILES string of the molecule is Cc1c(CNC[C@H](c2ccco2)N2CCCCC2)cc(C#N)n1C. The Morgan fingerprint density at radius 1 is 1.33 bits per heavy atom. The number of nitrogens with one attached hydrogen (secondary N) is 1. The van der Waals surface area contributed by atoms with Crippen LogP contribution < -0.4 is 5.32 Å². The maximum atomic E-state index is 9.15. The highest BCUT2D eigenvalue weighted by Crippen LogP contribution is 2.24. The van der Waals surface area contributed by atoms with Gasteiger partial charge in [-0.15, -0.1) is 0 Å². The predicted octanol–water partition coefficient (Wildman–Crippen LogP) is 3.12. The Labute approximate surface area is 143 Å². The van der Waals surface area contributed by atoms with Crippen LogP contribution in [0.15, 0.2) is 28.9 Å². The van der Waals surface area contributed by atoms with Gasteiger partial charge in [0.2, 0.25) is 0 Å². The monoisotopic (exact) mass is 326 g/mol. The fourth-order valence-corrected chi connectivity index (χ4v) is 3.51. The van der Waals surface area contributed by atoms with Crippen LogP contribution in [0.5, 0.6) is 0 Å². The normalized spacial score (nSPS) is 16.9. The van der Waals surface area contributed by atoms with Crippen molar-refractivity contribution in [3.8, 4) is 6.07 Å². The van der Waals surface area contributed by atoms with Crippen LogP contribution in [0.1, 0.15) is 48.0 Å². The number of hydrogen-bond acceptors (Lipinski definition) is 4. The second-order valence-electron chi connectivity index (χ2n) is 6.57. The molecule has 2 aromatic heterocycles. The molecule has 1 atom stereocenters. The van der Waals surface area contributed by atoms with Crippen molar-refractivity contribution in [2.45, 2.75) is 38.8 Å². The Hall–Kier alpha value is -2.03. The molecule has 1 aliphatic rings. The molecule has 5 heteroatoms. The standard InChI is InChI=1S/C19H26N4O/c1-15-16(11-17(12-20)22(15)2)13-21-14-18(19-7-6-10-24-19)23-8-4-3-5-9-23/h6-7,10-11,18,21H,3-5,8-9,13-14H2,1-2H3/t18-/m1/s1. The van der Waals surface area contributed by atoms with Gasteiger partial charge in [0.05, 0.1) is 12.3 Å². The minimum atomic E-state index is 0.278. The van der Waals surface area contributed by atoms with E-state index in [2.05, 4.69) is 29.3 Å². The molecule has 1 aliphatic heterocycles. The fraction of sp³-hybridized carbons (Fsp3) is 0.526. The van der Waals surface area contributed by atoms with Gasteiger partial charge >= 0.3 is 0 Å². The van der Waals surface area contributed by atoms with Crippen molar-refractivity contribution in [3.63, 3.8) is 0 Å². The number of likely N-dealkylation sites (tertiary alicyclic amines) is 1. The van der Waals surface area contributed by atoms with Crippen molar-refractivity contribution in [1.82, 2.24) is 14.8 Å². The third-order valence-corrected chi connectivity index (χ3v) is 5.11. The van der Waals surface area contributed by atoms with Crippen molar-refractivity contribution in [2.75, 3.05) is 19.6 Å². The van der Waals surface area contributed by atoms with Crippen LogP contribution >= 0.6 is 0 Å². The molecule has 2 aromatic rings. The summed E-state index contributed by atoms with van der Waals surface area (Å²) in [6.07, 6.45) is 5.61. The summed E-state index contributed by atoms with van der Waals surface area (Å²) in [5, 5.41) is 12.7. The summed E-state index contributed by atoms with van der Waals surface area (Å²) in [4.78, 5) is 2.52. The summed E-state index contributed by atoms with van der Waals surface area (Å²) < 4.78 is 7.64. The molecule has 0 bridgehead atoms. The van der Waals surface area contributed by atoms with Gasteiger partial charge in [-0.05, 0) is 56.6 Å². The average Bonchev–Trinajstić information content (AvgIpc) is 3.23. The zero-order valence-electron chi connectivity index (χ0n) is 14.6. The topological polar surface area (TPSA) is 57.1 Å². The van der Waals surface area contributed by atoms with Crippen molar-refractivity contribution in [1.29, 1.82) is 5.26 Å². The van der Waals surface area contributed by atoms with Crippen molar-refractivity contribution < 1.29 is 4.42 Å². The molecular formula is C19H26N4O. The van der Waals surface area contributed by atoms with E-state index in [-0.39, 0.29) is 6.04 Å². The molecule has 128 valence electrons. The van der Waals surface area contributed by atoms with Gasteiger partial charge in [0.1, 0.15) is 17.5 Å². The van der Waals surface area contributed by atoms with Crippen molar-refractivity contribution in [2.24, 2.45) is 7.05 Å². The van der Waals surface area contributed by atoms with Crippen LogP contribution in [0.3, 0.4) is 0 Å². The third-order valence-electron chi connectivity index (χ3n) is 5.11. The highest BCUT2D eigenvalue weighted by molar-refractivity contribution is 5.34. The van der Waals surface area contributed by atoms with Crippen LogP contribution in [-0.4, -0.2) is 29.1 Å². The van der Waals surface area contributed by atoms with E-state index < -0.39 is 0 Å². The minimum absolute atomic E-state index is 0.278. The Bertz CT molecular complexity index is 690. The van der Waals surface area contributed by atoms with Gasteiger partial charge in [-0.1, -0.05) is 6.42 Å². The Kier molecular flexibility index (Phi) is 5.39. The molecule has 0 amide bonds. The molecule has 1 saturated heterocycles. The van der Waals surface area contributed by atoms with E-state index in [1.807, 2.05) is 23.7 Å². The Morgan fingerprint density at radius 2 is 2.12 bits per heavy atom. The minimum Gasteiger partial charge on any atom is -0.468 e. The van der Waals surface area contributed by atoms with E-state index in [4.69, 9.17) is 9.68 Å². The summed E-state index contributed by atoms with van der Waals surface area (Å²) in [5.41, 5.74) is 3.04. The second-order valence-corrected chi connectivity index (χ2v) is 6.57. The first-order valence-electron chi connectivity index (χ1n) is 8.74. The van der Waals surface area contributed by atoms with Crippen LogP contribution in [0.25, 0.3) is 0 Å². The highest BCUT2D eigenvalue weighted by atomic mass is 16.3. The largest absolute Gasteiger partial charge is 0.468 e. The molecule has 24 heavy (non-hydrogen) atoms. The lowest BCUT2D eigenvalue weighted by atomic mass is 10.1. The van der Waals surface area contributed by atoms with Crippen molar-refractivity contribution >= 4 is 0 Å². The van der Waals surface area contributed by atoms with Gasteiger partial charge in [-0.25, -0.2) is 0 Å². The van der Waals surface area contributed by atoms with Gasteiger partial charge in [-0.3, -0.25) is 4.90 Å². The molecule has 1 fully saturated rings. The average molecular weight is 326 g/mol. The quantitative estimate of drug-likeness (QED) is 0.886. The third kappa shape index (κ3) is 3.55. The molecule has 0 unspecified atom stereocenters. The Morgan fingerprint density at radius 3 is 2.75 bits per heavy atom. The lowest BCUT2D eigenvalue weighted by Crippen LogP contribution is -2.38. The lowest BCUT2D eigenvalue weighted by molar-refractivity contribution is 0.142. The first kappa shape index (κ1) is 16.8. The molecule has 0 aromatic carbocycles. The van der Waals surface area contributed by atoms with Gasteiger partial charge < -0.3 is 14.3 Å². The molecule has 3 rings (SSSR count). The van der Waals surface area contributed by atoms with Gasteiger partial charge in [0, 0.05) is 25.8 Å². The van der Waals surface area contributed by atoms with Crippen LogP contribution in [-0.2, 0) is 13.6 Å². The lowest BCUT2D eigenvalue weighted by Gasteiger charge is -2.33. The van der Waals surface area contributed by atoms with Crippen LogP contribution in [0.4, 0.5) is 0 Å². The first-order valence-corrected chi connectivity index (χ1v) is 8.74. The Balaban J connectivity index is 1.65. The van der Waals surface area contributed by atoms with Gasteiger partial charge in [0.25, 0.3) is 0 Å². The fourth-order valence-electron chi connectivity index (χ4n) is 3.51. The van der Waals surface area contributed by atoms with E-state index >= 15 is 0 Å². The van der Waals surface area contributed by atoms with E-state index in [0.717, 1.165) is 37.6 Å². The smallest absolute Gasteiger partial charge is 0.122 e. The summed E-state index contributed by atoms with van der Waals surface area (Å²) >= 11 is 0. The molecule has 5 nitrogen and oxygen atoms in total. The summed E-state index contributed by atoms with van der Waals surface area (Å²) in [6, 6.07) is 8.53. The van der Waals surface area contributed by atoms with Crippen LogP contribution in [0.2, 0.25) is 0 Å². The number of hydrogen-bond donors (Lipinski definition) is 1. The highest BCUT2D eigenvalue weighted by Gasteiger charge is 2.24. The molecule has 1 N–H and O–H groups in total. The maximum absolute atomic E-state index is 9.15. The number of piperidine rings is 1. The number of furan rings is 1. The number of nitriles is 1. The summed E-state index contributed by atoms with van der Waals surface area (Å²) in [6.45, 7) is 5.95. The van der Waals surface area contributed by atoms with E-state index in [1.165, 1.54) is 24.8 Å². The number of aromatic nitrogens is 1.